The Hall–Kier alpha value is -4.19. The second-order valence-electron chi connectivity index (χ2n) is 7.55. The van der Waals surface area contributed by atoms with Gasteiger partial charge in [-0.3, -0.25) is 19.1 Å². The average molecular weight is 486 g/mol. The number of halogens is 1. The van der Waals surface area contributed by atoms with Gasteiger partial charge in [-0.15, -0.1) is 0 Å². The van der Waals surface area contributed by atoms with Crippen molar-refractivity contribution in [3.63, 3.8) is 0 Å². The van der Waals surface area contributed by atoms with Crippen molar-refractivity contribution in [3.05, 3.63) is 53.3 Å². The zero-order valence-electron chi connectivity index (χ0n) is 17.7. The Balaban J connectivity index is 1.60. The van der Waals surface area contributed by atoms with Gasteiger partial charge in [-0.25, -0.2) is 9.78 Å². The number of nitrogens with one attached hydrogen (secondary N) is 1. The summed E-state index contributed by atoms with van der Waals surface area (Å²) < 4.78 is 1.34. The number of para-hydroxylation sites is 1. The van der Waals surface area contributed by atoms with Gasteiger partial charge in [0.1, 0.15) is 23.6 Å². The number of carboxylic acid groups (broad SMARTS) is 1. The van der Waals surface area contributed by atoms with Gasteiger partial charge in [0.05, 0.1) is 12.1 Å². The van der Waals surface area contributed by atoms with Crippen LogP contribution in [0.25, 0.3) is 10.9 Å². The van der Waals surface area contributed by atoms with E-state index in [0.29, 0.717) is 10.9 Å². The van der Waals surface area contributed by atoms with Crippen LogP contribution in [0.5, 0.6) is 0 Å². The van der Waals surface area contributed by atoms with E-state index in [1.165, 1.54) is 21.7 Å². The molecule has 1 saturated heterocycles. The average Bonchev–Trinajstić information content (AvgIpc) is 3.17. The molecule has 34 heavy (non-hydrogen) atoms. The second kappa shape index (κ2) is 9.35. The number of pyridine rings is 1. The minimum atomic E-state index is -1.20. The van der Waals surface area contributed by atoms with E-state index in [1.807, 2.05) is 0 Å². The van der Waals surface area contributed by atoms with Crippen molar-refractivity contribution < 1.29 is 24.3 Å². The Kier molecular flexibility index (Phi) is 6.32. The van der Waals surface area contributed by atoms with Gasteiger partial charge >= 0.3 is 6.09 Å². The zero-order chi connectivity index (χ0) is 24.4. The summed E-state index contributed by atoms with van der Waals surface area (Å²) in [7, 11) is 0. The van der Waals surface area contributed by atoms with Crippen LogP contribution >= 0.6 is 11.6 Å². The number of nitrogens with two attached hydrogens (primary N) is 1. The minimum Gasteiger partial charge on any atom is -0.465 e. The van der Waals surface area contributed by atoms with Crippen LogP contribution < -0.4 is 11.1 Å². The van der Waals surface area contributed by atoms with Gasteiger partial charge < -0.3 is 26.0 Å². The third kappa shape index (κ3) is 4.62. The molecule has 1 atom stereocenters. The fraction of sp³-hybridized carbons (Fsp3) is 0.238. The van der Waals surface area contributed by atoms with Gasteiger partial charge in [-0.1, -0.05) is 35.9 Å². The number of aromatic nitrogens is 3. The molecule has 12 nitrogen and oxygen atoms in total. The molecule has 3 heterocycles. The first-order chi connectivity index (χ1) is 16.2. The zero-order valence-corrected chi connectivity index (χ0v) is 18.5. The van der Waals surface area contributed by atoms with Crippen molar-refractivity contribution in [2.45, 2.75) is 12.6 Å². The fourth-order valence-corrected chi connectivity index (χ4v) is 3.98. The molecular weight excluding hydrogens is 466 g/mol. The van der Waals surface area contributed by atoms with Gasteiger partial charge in [-0.2, -0.15) is 5.10 Å². The van der Waals surface area contributed by atoms with E-state index in [9.17, 15) is 24.3 Å². The first kappa shape index (κ1) is 23.0. The van der Waals surface area contributed by atoms with Crippen molar-refractivity contribution >= 4 is 52.1 Å². The highest BCUT2D eigenvalue weighted by atomic mass is 35.5. The summed E-state index contributed by atoms with van der Waals surface area (Å²) >= 11 is 5.86. The van der Waals surface area contributed by atoms with Crippen molar-refractivity contribution in [2.75, 3.05) is 25.0 Å². The van der Waals surface area contributed by atoms with Gasteiger partial charge in [-0.05, 0) is 18.2 Å². The Morgan fingerprint density at radius 2 is 1.88 bits per heavy atom. The van der Waals surface area contributed by atoms with Crippen LogP contribution in [-0.4, -0.2) is 79.2 Å². The van der Waals surface area contributed by atoms with E-state index in [0.717, 1.165) is 4.90 Å². The number of piperazine rings is 1. The minimum absolute atomic E-state index is 0.00588. The highest BCUT2D eigenvalue weighted by molar-refractivity contribution is 6.29. The van der Waals surface area contributed by atoms with Gasteiger partial charge in [0, 0.05) is 18.5 Å². The number of carbonyl (C=O) groups excluding carboxylic acids is 3. The highest BCUT2D eigenvalue weighted by Gasteiger charge is 2.37. The molecule has 3 aromatic rings. The summed E-state index contributed by atoms with van der Waals surface area (Å²) in [5.41, 5.74) is 5.97. The topological polar surface area (TPSA) is 164 Å². The van der Waals surface area contributed by atoms with Crippen molar-refractivity contribution in [2.24, 2.45) is 5.73 Å². The molecule has 2 aromatic heterocycles. The molecule has 0 bridgehead atoms. The molecule has 4 N–H and O–H groups in total. The predicted octanol–water partition coefficient (Wildman–Crippen LogP) is 1.01. The lowest BCUT2D eigenvalue weighted by Crippen LogP contribution is -2.60. The first-order valence-corrected chi connectivity index (χ1v) is 10.6. The third-order valence-corrected chi connectivity index (χ3v) is 5.63. The van der Waals surface area contributed by atoms with Crippen LogP contribution in [-0.2, 0) is 16.1 Å². The number of primary amides is 1. The molecule has 0 aliphatic carbocycles. The van der Waals surface area contributed by atoms with E-state index in [2.05, 4.69) is 15.4 Å². The van der Waals surface area contributed by atoms with Gasteiger partial charge in [0.15, 0.2) is 5.69 Å². The number of hydrogen-bond acceptors (Lipinski definition) is 6. The van der Waals surface area contributed by atoms with E-state index in [1.54, 1.807) is 30.3 Å². The van der Waals surface area contributed by atoms with E-state index >= 15 is 0 Å². The maximum atomic E-state index is 13.3. The Labute approximate surface area is 197 Å². The Bertz CT molecular complexity index is 1290. The molecule has 1 aliphatic heterocycles. The van der Waals surface area contributed by atoms with Crippen LogP contribution in [0.2, 0.25) is 5.15 Å². The smallest absolute Gasteiger partial charge is 0.407 e. The molecule has 0 radical (unpaired) electrons. The Morgan fingerprint density at radius 1 is 1.12 bits per heavy atom. The summed E-state index contributed by atoms with van der Waals surface area (Å²) in [6, 6.07) is 10.4. The lowest BCUT2D eigenvalue weighted by atomic mass is 10.1. The van der Waals surface area contributed by atoms with Crippen molar-refractivity contribution in [1.82, 2.24) is 24.6 Å². The SMILES string of the molecule is NC(=O)c1nn(CC(=O)N2CCN(C(=O)O)CC2C(=O)Nc2cccc(Cl)n2)c2ccccc12. The van der Waals surface area contributed by atoms with Crippen molar-refractivity contribution in [1.29, 1.82) is 0 Å². The number of hydrogen-bond donors (Lipinski definition) is 3. The number of benzene rings is 1. The maximum absolute atomic E-state index is 13.3. The molecule has 13 heteroatoms. The lowest BCUT2D eigenvalue weighted by molar-refractivity contribution is -0.142. The summed E-state index contributed by atoms with van der Waals surface area (Å²) in [6.45, 7) is -0.472. The summed E-state index contributed by atoms with van der Waals surface area (Å²) in [5.74, 6) is -1.66. The molecule has 0 spiro atoms. The van der Waals surface area contributed by atoms with Gasteiger partial charge in [0.25, 0.3) is 5.91 Å². The largest absolute Gasteiger partial charge is 0.465 e. The van der Waals surface area contributed by atoms with Crippen LogP contribution in [0.15, 0.2) is 42.5 Å². The van der Waals surface area contributed by atoms with Crippen LogP contribution in [0.4, 0.5) is 10.6 Å². The lowest BCUT2D eigenvalue weighted by Gasteiger charge is -2.39. The molecule has 176 valence electrons. The number of nitrogens with zero attached hydrogens (tertiary/aromatic N) is 5. The summed E-state index contributed by atoms with van der Waals surface area (Å²) in [4.78, 5) is 55.9. The van der Waals surface area contributed by atoms with E-state index in [4.69, 9.17) is 17.3 Å². The molecule has 1 fully saturated rings. The summed E-state index contributed by atoms with van der Waals surface area (Å²) in [6.07, 6.45) is -1.20. The number of fused-ring (bicyclic) bond motifs is 1. The van der Waals surface area contributed by atoms with Crippen LogP contribution in [0.3, 0.4) is 0 Å². The normalized spacial score (nSPS) is 15.9. The molecule has 1 aromatic carbocycles. The molecular formula is C21H20ClN7O5. The van der Waals surface area contributed by atoms with Crippen LogP contribution in [0, 0.1) is 0 Å². The maximum Gasteiger partial charge on any atom is 0.407 e. The molecule has 4 amide bonds. The summed E-state index contributed by atoms with van der Waals surface area (Å²) in [5, 5.41) is 16.8. The number of amides is 4. The molecule has 4 rings (SSSR count). The third-order valence-electron chi connectivity index (χ3n) is 5.42. The predicted molar refractivity (Wildman–Crippen MR) is 121 cm³/mol. The number of rotatable bonds is 5. The molecule has 0 saturated carbocycles. The number of carbonyl (C=O) groups is 4. The number of anilines is 1. The fourth-order valence-electron chi connectivity index (χ4n) is 3.82. The monoisotopic (exact) mass is 485 g/mol. The second-order valence-corrected chi connectivity index (χ2v) is 7.94. The quantitative estimate of drug-likeness (QED) is 0.454. The van der Waals surface area contributed by atoms with Crippen LogP contribution in [0.1, 0.15) is 10.5 Å². The van der Waals surface area contributed by atoms with Gasteiger partial charge in [0.2, 0.25) is 11.8 Å². The molecule has 1 aliphatic rings. The van der Waals surface area contributed by atoms with Crippen molar-refractivity contribution in [3.8, 4) is 0 Å². The first-order valence-electron chi connectivity index (χ1n) is 10.2. The van der Waals surface area contributed by atoms with E-state index < -0.39 is 29.9 Å². The van der Waals surface area contributed by atoms with E-state index in [-0.39, 0.29) is 42.8 Å². The standard InChI is InChI=1S/C21H20ClN7O5/c22-15-6-3-7-16(24-15)25-20(32)14-10-27(21(33)34)8-9-28(14)17(30)11-29-13-5-2-1-4-12(13)18(26-29)19(23)31/h1-7,14H,8-11H2,(H2,23,31)(H,33,34)(H,24,25,32). The Morgan fingerprint density at radius 3 is 2.59 bits per heavy atom. The molecule has 1 unspecified atom stereocenters. The highest BCUT2D eigenvalue weighted by Crippen LogP contribution is 2.20.